The number of carbonyl (C=O) groups excluding carboxylic acids is 2. The Balaban J connectivity index is 1.44. The van der Waals surface area contributed by atoms with Crippen LogP contribution in [0.5, 0.6) is 0 Å². The van der Waals surface area contributed by atoms with E-state index in [1.807, 2.05) is 37.3 Å². The van der Waals surface area contributed by atoms with E-state index in [0.717, 1.165) is 30.4 Å². The Morgan fingerprint density at radius 2 is 1.59 bits per heavy atom. The molecule has 1 unspecified atom stereocenters. The van der Waals surface area contributed by atoms with Crippen molar-refractivity contribution in [2.24, 2.45) is 5.92 Å². The number of hydrogen-bond acceptors (Lipinski definition) is 5. The number of nitrogens with one attached hydrogen (secondary N) is 2. The average Bonchev–Trinajstić information content (AvgIpc) is 2.93. The zero-order chi connectivity index (χ0) is 28.0. The van der Waals surface area contributed by atoms with Gasteiger partial charge in [0.05, 0.1) is 4.90 Å². The Kier molecular flexibility index (Phi) is 9.07. The van der Waals surface area contributed by atoms with Gasteiger partial charge in [-0.25, -0.2) is 13.2 Å². The summed E-state index contributed by atoms with van der Waals surface area (Å²) in [5, 5.41) is 12.6. The highest BCUT2D eigenvalue weighted by Gasteiger charge is 2.43. The number of carboxylic acid groups (broad SMARTS) is 1. The number of aryl methyl sites for hydroxylation is 1. The second-order valence-corrected chi connectivity index (χ2v) is 12.4. The Bertz CT molecular complexity index is 1270. The van der Waals surface area contributed by atoms with E-state index in [9.17, 15) is 27.9 Å². The summed E-state index contributed by atoms with van der Waals surface area (Å²) in [6.07, 6.45) is 4.30. The number of aliphatic carboxylic acids is 1. The highest BCUT2D eigenvalue weighted by atomic mass is 32.2. The molecule has 1 aliphatic heterocycles. The lowest BCUT2D eigenvalue weighted by Crippen LogP contribution is -2.58. The number of rotatable bonds is 9. The minimum Gasteiger partial charge on any atom is -0.480 e. The molecular formula is C29H37N3O6S. The fourth-order valence-corrected chi connectivity index (χ4v) is 6.66. The lowest BCUT2D eigenvalue weighted by Gasteiger charge is -2.37. The van der Waals surface area contributed by atoms with E-state index in [-0.39, 0.29) is 36.2 Å². The Morgan fingerprint density at radius 3 is 2.18 bits per heavy atom. The molecule has 2 fully saturated rings. The molecule has 1 aliphatic carbocycles. The Morgan fingerprint density at radius 1 is 0.974 bits per heavy atom. The molecule has 10 heteroatoms. The summed E-state index contributed by atoms with van der Waals surface area (Å²) in [6.45, 7) is 2.44. The van der Waals surface area contributed by atoms with Crippen LogP contribution >= 0.6 is 0 Å². The third-order valence-electron chi connectivity index (χ3n) is 7.87. The molecule has 1 atom stereocenters. The highest BCUT2D eigenvalue weighted by molar-refractivity contribution is 7.89. The van der Waals surface area contributed by atoms with Crippen molar-refractivity contribution in [2.75, 3.05) is 13.1 Å². The van der Waals surface area contributed by atoms with Crippen molar-refractivity contribution in [3.8, 4) is 0 Å². The standard InChI is InChI=1S/C29H37N3O6S/c1-21-10-12-24(13-11-21)39(37,38)31-25(20-22-8-4-2-5-9-22)27(34)32-18-14-23(15-19-32)26(33)30-29(28(35)36)16-6-3-7-17-29/h2,4-5,8-13,23,25,31H,3,6-7,14-20H2,1H3,(H,30,33)(H,35,36). The molecule has 0 bridgehead atoms. The second kappa shape index (κ2) is 12.3. The van der Waals surface area contributed by atoms with Gasteiger partial charge in [-0.1, -0.05) is 67.3 Å². The van der Waals surface area contributed by atoms with Crippen molar-refractivity contribution in [3.05, 3.63) is 65.7 Å². The van der Waals surface area contributed by atoms with Crippen molar-refractivity contribution in [2.45, 2.75) is 74.8 Å². The first kappa shape index (κ1) is 28.8. The van der Waals surface area contributed by atoms with Crippen LogP contribution in [0.25, 0.3) is 0 Å². The van der Waals surface area contributed by atoms with Crippen LogP contribution in [0.15, 0.2) is 59.5 Å². The number of benzene rings is 2. The number of carboxylic acids is 1. The number of sulfonamides is 1. The minimum absolute atomic E-state index is 0.0874. The minimum atomic E-state index is -3.95. The first-order chi connectivity index (χ1) is 18.6. The molecule has 3 N–H and O–H groups in total. The van der Waals surface area contributed by atoms with E-state index in [4.69, 9.17) is 0 Å². The fourth-order valence-electron chi connectivity index (χ4n) is 5.47. The molecule has 2 aromatic carbocycles. The normalized spacial score (nSPS) is 18.7. The maximum Gasteiger partial charge on any atom is 0.329 e. The van der Waals surface area contributed by atoms with Gasteiger partial charge in [-0.05, 0) is 56.7 Å². The summed E-state index contributed by atoms with van der Waals surface area (Å²) in [4.78, 5) is 40.3. The third-order valence-corrected chi connectivity index (χ3v) is 9.35. The fraction of sp³-hybridized carbons (Fsp3) is 0.483. The maximum atomic E-state index is 13.6. The summed E-state index contributed by atoms with van der Waals surface area (Å²) in [6, 6.07) is 14.7. The average molecular weight is 556 g/mol. The summed E-state index contributed by atoms with van der Waals surface area (Å²) in [5.74, 6) is -2.02. The summed E-state index contributed by atoms with van der Waals surface area (Å²) in [5.41, 5.74) is 0.538. The van der Waals surface area contributed by atoms with Gasteiger partial charge in [-0.15, -0.1) is 0 Å². The van der Waals surface area contributed by atoms with E-state index in [0.29, 0.717) is 25.7 Å². The van der Waals surface area contributed by atoms with Crippen molar-refractivity contribution in [1.29, 1.82) is 0 Å². The molecule has 1 saturated heterocycles. The van der Waals surface area contributed by atoms with Gasteiger partial charge in [-0.2, -0.15) is 4.72 Å². The quantitative estimate of drug-likeness (QED) is 0.436. The van der Waals surface area contributed by atoms with Crippen LogP contribution in [-0.4, -0.2) is 60.9 Å². The van der Waals surface area contributed by atoms with Gasteiger partial charge in [0.2, 0.25) is 21.8 Å². The number of amides is 2. The van der Waals surface area contributed by atoms with Crippen molar-refractivity contribution in [1.82, 2.24) is 14.9 Å². The van der Waals surface area contributed by atoms with E-state index in [1.54, 1.807) is 17.0 Å². The topological polar surface area (TPSA) is 133 Å². The zero-order valence-corrected chi connectivity index (χ0v) is 23.1. The molecule has 1 heterocycles. The molecule has 2 amide bonds. The predicted octanol–water partition coefficient (Wildman–Crippen LogP) is 3.03. The van der Waals surface area contributed by atoms with Gasteiger partial charge < -0.3 is 15.3 Å². The van der Waals surface area contributed by atoms with Crippen LogP contribution in [0.2, 0.25) is 0 Å². The number of likely N-dealkylation sites (tertiary alicyclic amines) is 1. The monoisotopic (exact) mass is 555 g/mol. The van der Waals surface area contributed by atoms with Crippen molar-refractivity contribution >= 4 is 27.8 Å². The smallest absolute Gasteiger partial charge is 0.329 e. The van der Waals surface area contributed by atoms with Crippen molar-refractivity contribution < 1.29 is 27.9 Å². The van der Waals surface area contributed by atoms with E-state index in [2.05, 4.69) is 10.0 Å². The predicted molar refractivity (Wildman–Crippen MR) is 146 cm³/mol. The van der Waals surface area contributed by atoms with Crippen LogP contribution in [0.4, 0.5) is 0 Å². The molecule has 4 rings (SSSR count). The largest absolute Gasteiger partial charge is 0.480 e. The molecule has 210 valence electrons. The lowest BCUT2D eigenvalue weighted by molar-refractivity contribution is -0.150. The number of piperidine rings is 1. The second-order valence-electron chi connectivity index (χ2n) is 10.7. The number of nitrogens with zero attached hydrogens (tertiary/aromatic N) is 1. The molecular weight excluding hydrogens is 518 g/mol. The molecule has 2 aromatic rings. The highest BCUT2D eigenvalue weighted by Crippen LogP contribution is 2.30. The van der Waals surface area contributed by atoms with Crippen LogP contribution in [0, 0.1) is 12.8 Å². The first-order valence-electron chi connectivity index (χ1n) is 13.6. The van der Waals surface area contributed by atoms with E-state index in [1.165, 1.54) is 12.1 Å². The van der Waals surface area contributed by atoms with Gasteiger partial charge in [-0.3, -0.25) is 9.59 Å². The maximum absolute atomic E-state index is 13.6. The van der Waals surface area contributed by atoms with Gasteiger partial charge in [0.1, 0.15) is 11.6 Å². The van der Waals surface area contributed by atoms with Gasteiger partial charge in [0.15, 0.2) is 0 Å². The Hall–Kier alpha value is -3.24. The summed E-state index contributed by atoms with van der Waals surface area (Å²) >= 11 is 0. The Labute approximate surface area is 230 Å². The SMILES string of the molecule is Cc1ccc(S(=O)(=O)NC(Cc2ccccc2)C(=O)N2CCC(C(=O)NC3(C(=O)O)CCCCC3)CC2)cc1. The van der Waals surface area contributed by atoms with Crippen LogP contribution < -0.4 is 10.0 Å². The van der Waals surface area contributed by atoms with Crippen LogP contribution in [-0.2, 0) is 30.8 Å². The zero-order valence-electron chi connectivity index (χ0n) is 22.3. The molecule has 2 aliphatic rings. The van der Waals surface area contributed by atoms with Gasteiger partial charge in [0, 0.05) is 19.0 Å². The summed E-state index contributed by atoms with van der Waals surface area (Å²) < 4.78 is 28.9. The van der Waals surface area contributed by atoms with Crippen molar-refractivity contribution in [3.63, 3.8) is 0 Å². The van der Waals surface area contributed by atoms with Crippen LogP contribution in [0.3, 0.4) is 0 Å². The van der Waals surface area contributed by atoms with E-state index >= 15 is 0 Å². The molecule has 0 spiro atoms. The lowest BCUT2D eigenvalue weighted by atomic mass is 9.81. The number of hydrogen-bond donors (Lipinski definition) is 3. The molecule has 0 aromatic heterocycles. The molecule has 9 nitrogen and oxygen atoms in total. The van der Waals surface area contributed by atoms with Gasteiger partial charge >= 0.3 is 5.97 Å². The molecule has 0 radical (unpaired) electrons. The molecule has 39 heavy (non-hydrogen) atoms. The van der Waals surface area contributed by atoms with Crippen LogP contribution in [0.1, 0.15) is 56.1 Å². The molecule has 1 saturated carbocycles. The first-order valence-corrected chi connectivity index (χ1v) is 15.1. The summed E-state index contributed by atoms with van der Waals surface area (Å²) in [7, 11) is -3.95. The third kappa shape index (κ3) is 7.05. The number of carbonyl (C=O) groups is 3. The van der Waals surface area contributed by atoms with Gasteiger partial charge in [0.25, 0.3) is 0 Å². The van der Waals surface area contributed by atoms with E-state index < -0.39 is 33.5 Å².